The van der Waals surface area contributed by atoms with Crippen LogP contribution in [0.2, 0.25) is 0 Å². The maximum absolute atomic E-state index is 10.7. The number of fused-ring (bicyclic) bond motifs is 1. The Kier molecular flexibility index (Phi) is 5.42. The van der Waals surface area contributed by atoms with Crippen molar-refractivity contribution in [2.75, 3.05) is 12.3 Å². The Morgan fingerprint density at radius 3 is 2.57 bits per heavy atom. The molecule has 3 N–H and O–H groups in total. The number of benzene rings is 1. The van der Waals surface area contributed by atoms with E-state index in [1.165, 1.54) is 11.9 Å². The molecule has 158 valence electrons. The van der Waals surface area contributed by atoms with Gasteiger partial charge in [0.05, 0.1) is 11.8 Å². The highest BCUT2D eigenvalue weighted by Gasteiger charge is 2.35. The topological polar surface area (TPSA) is 120 Å². The number of hydrogen-bond acceptors (Lipinski definition) is 7. The fourth-order valence-corrected chi connectivity index (χ4v) is 4.17. The minimum atomic E-state index is -0.916. The number of carbonyl (C=O) groups is 1. The zero-order valence-corrected chi connectivity index (χ0v) is 17.2. The van der Waals surface area contributed by atoms with Crippen LogP contribution < -0.4 is 10.5 Å². The number of aromatic nitrogens is 2. The highest BCUT2D eigenvalue weighted by atomic mass is 16.5. The number of rotatable bonds is 5. The van der Waals surface area contributed by atoms with Gasteiger partial charge in [0, 0.05) is 5.56 Å². The summed E-state index contributed by atoms with van der Waals surface area (Å²) in [6, 6.07) is 8.41. The van der Waals surface area contributed by atoms with Crippen LogP contribution in [-0.4, -0.2) is 45.1 Å². The van der Waals surface area contributed by atoms with Crippen LogP contribution in [-0.2, 0) is 9.53 Å². The summed E-state index contributed by atoms with van der Waals surface area (Å²) in [6.07, 6.45) is 5.15. The SMILES string of the molecule is CC1(C)Oc2ncnc(N)c2N=C1c1ccc(C2CCC(OCC(=O)O)CC2)cc1. The van der Waals surface area contributed by atoms with Gasteiger partial charge >= 0.3 is 5.97 Å². The molecule has 1 saturated carbocycles. The van der Waals surface area contributed by atoms with E-state index in [0.717, 1.165) is 37.0 Å². The van der Waals surface area contributed by atoms with E-state index in [4.69, 9.17) is 25.3 Å². The Balaban J connectivity index is 1.49. The Hall–Kier alpha value is -3.00. The zero-order chi connectivity index (χ0) is 21.3. The Morgan fingerprint density at radius 2 is 1.90 bits per heavy atom. The molecule has 0 radical (unpaired) electrons. The van der Waals surface area contributed by atoms with Gasteiger partial charge in [-0.15, -0.1) is 0 Å². The quantitative estimate of drug-likeness (QED) is 0.774. The first kappa shape index (κ1) is 20.3. The van der Waals surface area contributed by atoms with E-state index in [1.807, 2.05) is 13.8 Å². The van der Waals surface area contributed by atoms with Gasteiger partial charge in [0.25, 0.3) is 0 Å². The summed E-state index contributed by atoms with van der Waals surface area (Å²) in [5.41, 5.74) is 8.81. The zero-order valence-electron chi connectivity index (χ0n) is 17.2. The highest BCUT2D eigenvalue weighted by molar-refractivity contribution is 6.09. The van der Waals surface area contributed by atoms with Crippen LogP contribution in [0.15, 0.2) is 35.6 Å². The van der Waals surface area contributed by atoms with Crippen molar-refractivity contribution in [1.29, 1.82) is 0 Å². The van der Waals surface area contributed by atoms with Crippen molar-refractivity contribution in [3.8, 4) is 5.88 Å². The van der Waals surface area contributed by atoms with E-state index in [0.29, 0.717) is 23.3 Å². The van der Waals surface area contributed by atoms with Crippen LogP contribution in [0.3, 0.4) is 0 Å². The van der Waals surface area contributed by atoms with E-state index in [1.54, 1.807) is 0 Å². The standard InChI is InChI=1S/C22H26N4O4/c1-22(2)19(26-18-20(23)24-12-25-21(18)30-22)15-5-3-13(4-6-15)14-7-9-16(10-8-14)29-11-17(27)28/h3-6,12,14,16H,7-11H2,1-2H3,(H,27,28)(H2,23,24,25). The van der Waals surface area contributed by atoms with Crippen molar-refractivity contribution < 1.29 is 19.4 Å². The second-order valence-corrected chi connectivity index (χ2v) is 8.29. The molecule has 1 aromatic heterocycles. The molecule has 2 heterocycles. The van der Waals surface area contributed by atoms with E-state index in [2.05, 4.69) is 34.2 Å². The van der Waals surface area contributed by atoms with Crippen LogP contribution >= 0.6 is 0 Å². The molecule has 4 rings (SSSR count). The van der Waals surface area contributed by atoms with Crippen molar-refractivity contribution in [3.05, 3.63) is 41.7 Å². The van der Waals surface area contributed by atoms with E-state index in [-0.39, 0.29) is 12.7 Å². The van der Waals surface area contributed by atoms with Gasteiger partial charge in [-0.3, -0.25) is 0 Å². The van der Waals surface area contributed by atoms with Gasteiger partial charge < -0.3 is 20.3 Å². The van der Waals surface area contributed by atoms with Crippen LogP contribution in [0.4, 0.5) is 11.5 Å². The number of nitrogens with two attached hydrogens (primary N) is 1. The fourth-order valence-electron chi connectivity index (χ4n) is 4.17. The summed E-state index contributed by atoms with van der Waals surface area (Å²) in [7, 11) is 0. The number of anilines is 1. The third kappa shape index (κ3) is 4.14. The predicted molar refractivity (Wildman–Crippen MR) is 112 cm³/mol. The van der Waals surface area contributed by atoms with Crippen molar-refractivity contribution in [2.24, 2.45) is 4.99 Å². The van der Waals surface area contributed by atoms with Crippen molar-refractivity contribution in [1.82, 2.24) is 9.97 Å². The number of aliphatic carboxylic acids is 1. The van der Waals surface area contributed by atoms with E-state index in [9.17, 15) is 4.79 Å². The van der Waals surface area contributed by atoms with Gasteiger partial charge in [-0.05, 0) is 51.0 Å². The van der Waals surface area contributed by atoms with Gasteiger partial charge in [-0.25, -0.2) is 14.8 Å². The lowest BCUT2D eigenvalue weighted by Crippen LogP contribution is -2.41. The molecule has 30 heavy (non-hydrogen) atoms. The van der Waals surface area contributed by atoms with E-state index >= 15 is 0 Å². The molecule has 1 aromatic carbocycles. The van der Waals surface area contributed by atoms with Crippen molar-refractivity contribution in [2.45, 2.75) is 57.2 Å². The van der Waals surface area contributed by atoms with Crippen LogP contribution in [0, 0.1) is 0 Å². The summed E-state index contributed by atoms with van der Waals surface area (Å²) in [6.45, 7) is 3.70. The van der Waals surface area contributed by atoms with Gasteiger partial charge in [-0.1, -0.05) is 24.3 Å². The number of nitrogen functional groups attached to an aromatic ring is 1. The van der Waals surface area contributed by atoms with Gasteiger partial charge in [-0.2, -0.15) is 4.98 Å². The second-order valence-electron chi connectivity index (χ2n) is 8.29. The van der Waals surface area contributed by atoms with Gasteiger partial charge in [0.15, 0.2) is 11.5 Å². The summed E-state index contributed by atoms with van der Waals surface area (Å²) >= 11 is 0. The molecular weight excluding hydrogens is 384 g/mol. The number of hydrogen-bond donors (Lipinski definition) is 2. The third-order valence-corrected chi connectivity index (χ3v) is 5.73. The first-order valence-corrected chi connectivity index (χ1v) is 10.2. The molecule has 1 aliphatic carbocycles. The molecule has 0 amide bonds. The smallest absolute Gasteiger partial charge is 0.329 e. The molecule has 0 bridgehead atoms. The molecule has 0 saturated heterocycles. The number of nitrogens with zero attached hydrogens (tertiary/aromatic N) is 3. The summed E-state index contributed by atoms with van der Waals surface area (Å²) in [5, 5.41) is 8.76. The minimum absolute atomic E-state index is 0.0407. The molecule has 2 aliphatic rings. The van der Waals surface area contributed by atoms with Crippen LogP contribution in [0.25, 0.3) is 0 Å². The van der Waals surface area contributed by atoms with Crippen LogP contribution in [0.1, 0.15) is 56.6 Å². The first-order chi connectivity index (χ1) is 14.3. The molecule has 1 fully saturated rings. The molecule has 8 nitrogen and oxygen atoms in total. The maximum Gasteiger partial charge on any atom is 0.329 e. The maximum atomic E-state index is 10.7. The predicted octanol–water partition coefficient (Wildman–Crippen LogP) is 3.48. The summed E-state index contributed by atoms with van der Waals surface area (Å²) in [4.78, 5) is 23.6. The monoisotopic (exact) mass is 410 g/mol. The Bertz CT molecular complexity index is 964. The lowest BCUT2D eigenvalue weighted by atomic mass is 9.82. The van der Waals surface area contributed by atoms with Gasteiger partial charge in [0.2, 0.25) is 5.88 Å². The lowest BCUT2D eigenvalue weighted by Gasteiger charge is -2.32. The van der Waals surface area contributed by atoms with Crippen molar-refractivity contribution >= 4 is 23.2 Å². The average molecular weight is 410 g/mol. The fraction of sp³-hybridized carbons (Fsp3) is 0.455. The minimum Gasteiger partial charge on any atom is -0.480 e. The van der Waals surface area contributed by atoms with Gasteiger partial charge in [0.1, 0.15) is 18.5 Å². The third-order valence-electron chi connectivity index (χ3n) is 5.73. The average Bonchev–Trinajstić information content (AvgIpc) is 2.72. The highest BCUT2D eigenvalue weighted by Crippen LogP contribution is 2.39. The van der Waals surface area contributed by atoms with E-state index < -0.39 is 11.6 Å². The summed E-state index contributed by atoms with van der Waals surface area (Å²) < 4.78 is 11.5. The number of carboxylic acids is 1. The number of ether oxygens (including phenoxy) is 2. The molecule has 0 unspecified atom stereocenters. The molecule has 1 aliphatic heterocycles. The molecule has 2 aromatic rings. The van der Waals surface area contributed by atoms with Crippen molar-refractivity contribution in [3.63, 3.8) is 0 Å². The number of carboxylic acid groups (broad SMARTS) is 1. The normalized spacial score (nSPS) is 22.5. The first-order valence-electron chi connectivity index (χ1n) is 10.2. The molecule has 0 atom stereocenters. The lowest BCUT2D eigenvalue weighted by molar-refractivity contribution is -0.145. The number of aliphatic imine (C=N–C) groups is 1. The molecule has 0 spiro atoms. The van der Waals surface area contributed by atoms with Crippen LogP contribution in [0.5, 0.6) is 5.88 Å². The Morgan fingerprint density at radius 1 is 1.20 bits per heavy atom. The summed E-state index contributed by atoms with van der Waals surface area (Å²) in [5.74, 6) is 0.230. The second kappa shape index (κ2) is 8.02. The molecule has 8 heteroatoms. The largest absolute Gasteiger partial charge is 0.480 e. The molecular formula is C22H26N4O4. The Labute approximate surface area is 175 Å².